The molecule has 2 nitrogen and oxygen atoms in total. The first kappa shape index (κ1) is 13.0. The summed E-state index contributed by atoms with van der Waals surface area (Å²) in [6.07, 6.45) is 4.78. The van der Waals surface area contributed by atoms with Crippen LogP contribution in [-0.4, -0.2) is 15.4 Å². The van der Waals surface area contributed by atoms with Gasteiger partial charge in [0.05, 0.1) is 11.0 Å². The Morgan fingerprint density at radius 3 is 3.00 bits per heavy atom. The molecule has 1 aliphatic carbocycles. The van der Waals surface area contributed by atoms with Gasteiger partial charge in [0.2, 0.25) is 0 Å². The molecular weight excluding hydrogens is 256 g/mol. The molecule has 0 N–H and O–H groups in total. The summed E-state index contributed by atoms with van der Waals surface area (Å²) in [5, 5.41) is 0. The smallest absolute Gasteiger partial charge is 0.111 e. The molecule has 1 aliphatic rings. The molecule has 1 aromatic carbocycles. The van der Waals surface area contributed by atoms with Crippen LogP contribution in [0.1, 0.15) is 43.6 Å². The van der Waals surface area contributed by atoms with Crippen LogP contribution in [0.25, 0.3) is 11.0 Å². The number of para-hydroxylation sites is 1. The zero-order valence-electron chi connectivity index (χ0n) is 11.7. The number of benzene rings is 1. The number of nitrogens with zero attached hydrogens (tertiary/aromatic N) is 2. The van der Waals surface area contributed by atoms with Gasteiger partial charge in [-0.25, -0.2) is 4.98 Å². The molecule has 1 fully saturated rings. The van der Waals surface area contributed by atoms with Gasteiger partial charge in [0.25, 0.3) is 0 Å². The Morgan fingerprint density at radius 1 is 1.42 bits per heavy atom. The molecule has 2 unspecified atom stereocenters. The predicted molar refractivity (Wildman–Crippen MR) is 80.9 cm³/mol. The van der Waals surface area contributed by atoms with Gasteiger partial charge >= 0.3 is 0 Å². The molecule has 0 saturated heterocycles. The third kappa shape index (κ3) is 2.27. The summed E-state index contributed by atoms with van der Waals surface area (Å²) in [6, 6.07) is 7.05. The fourth-order valence-corrected chi connectivity index (χ4v) is 3.39. The SMILES string of the molecule is CCCC1CC1n1c(CCCl)nc2cccc(C)c21. The predicted octanol–water partition coefficient (Wildman–Crippen LogP) is 4.49. The lowest BCUT2D eigenvalue weighted by molar-refractivity contribution is 0.600. The number of alkyl halides is 1. The highest BCUT2D eigenvalue weighted by molar-refractivity contribution is 6.17. The molecule has 0 radical (unpaired) electrons. The molecule has 19 heavy (non-hydrogen) atoms. The molecule has 0 amide bonds. The summed E-state index contributed by atoms with van der Waals surface area (Å²) in [5.41, 5.74) is 3.78. The molecule has 1 aromatic heterocycles. The Morgan fingerprint density at radius 2 is 2.26 bits per heavy atom. The number of rotatable bonds is 5. The van der Waals surface area contributed by atoms with E-state index in [-0.39, 0.29) is 0 Å². The Hall–Kier alpha value is -1.02. The second-order valence-corrected chi connectivity index (χ2v) is 6.01. The molecule has 0 bridgehead atoms. The van der Waals surface area contributed by atoms with Gasteiger partial charge < -0.3 is 4.57 Å². The van der Waals surface area contributed by atoms with Crippen molar-refractivity contribution in [2.75, 3.05) is 5.88 Å². The van der Waals surface area contributed by atoms with E-state index in [9.17, 15) is 0 Å². The topological polar surface area (TPSA) is 17.8 Å². The van der Waals surface area contributed by atoms with Gasteiger partial charge in [-0.05, 0) is 37.3 Å². The lowest BCUT2D eigenvalue weighted by Crippen LogP contribution is -2.04. The Balaban J connectivity index is 2.07. The van der Waals surface area contributed by atoms with E-state index in [1.165, 1.54) is 36.2 Å². The quantitative estimate of drug-likeness (QED) is 0.736. The Kier molecular flexibility index (Phi) is 3.53. The maximum atomic E-state index is 5.94. The van der Waals surface area contributed by atoms with Gasteiger partial charge in [-0.1, -0.05) is 25.5 Å². The third-order valence-corrected chi connectivity index (χ3v) is 4.37. The summed E-state index contributed by atoms with van der Waals surface area (Å²) in [7, 11) is 0. The van der Waals surface area contributed by atoms with Crippen LogP contribution in [0, 0.1) is 12.8 Å². The average Bonchev–Trinajstić information content (AvgIpc) is 3.03. The largest absolute Gasteiger partial charge is 0.324 e. The van der Waals surface area contributed by atoms with Crippen molar-refractivity contribution in [3.63, 3.8) is 0 Å². The van der Waals surface area contributed by atoms with E-state index in [1.807, 2.05) is 0 Å². The minimum absolute atomic E-state index is 0.646. The van der Waals surface area contributed by atoms with Crippen LogP contribution >= 0.6 is 11.6 Å². The summed E-state index contributed by atoms with van der Waals surface area (Å²) < 4.78 is 2.48. The van der Waals surface area contributed by atoms with Gasteiger partial charge in [-0.2, -0.15) is 0 Å². The molecule has 102 valence electrons. The monoisotopic (exact) mass is 276 g/mol. The Labute approximate surface area is 119 Å². The molecule has 2 atom stereocenters. The van der Waals surface area contributed by atoms with Crippen LogP contribution < -0.4 is 0 Å². The van der Waals surface area contributed by atoms with Crippen molar-refractivity contribution in [1.29, 1.82) is 0 Å². The number of hydrogen-bond donors (Lipinski definition) is 0. The summed E-state index contributed by atoms with van der Waals surface area (Å²) >= 11 is 5.94. The first-order valence-electron chi connectivity index (χ1n) is 7.28. The van der Waals surface area contributed by atoms with Crippen molar-refractivity contribution < 1.29 is 0 Å². The van der Waals surface area contributed by atoms with Crippen LogP contribution in [0.15, 0.2) is 18.2 Å². The van der Waals surface area contributed by atoms with E-state index in [1.54, 1.807) is 0 Å². The van der Waals surface area contributed by atoms with E-state index in [2.05, 4.69) is 36.6 Å². The van der Waals surface area contributed by atoms with Gasteiger partial charge in [-0.15, -0.1) is 11.6 Å². The first-order valence-corrected chi connectivity index (χ1v) is 7.82. The highest BCUT2D eigenvalue weighted by Crippen LogP contribution is 2.48. The highest BCUT2D eigenvalue weighted by atomic mass is 35.5. The van der Waals surface area contributed by atoms with E-state index < -0.39 is 0 Å². The number of halogens is 1. The highest BCUT2D eigenvalue weighted by Gasteiger charge is 2.39. The van der Waals surface area contributed by atoms with Crippen molar-refractivity contribution >= 4 is 22.6 Å². The molecule has 3 heteroatoms. The minimum Gasteiger partial charge on any atom is -0.324 e. The van der Waals surface area contributed by atoms with Crippen LogP contribution in [0.5, 0.6) is 0 Å². The van der Waals surface area contributed by atoms with Gasteiger partial charge in [0.1, 0.15) is 5.82 Å². The first-order chi connectivity index (χ1) is 9.26. The summed E-state index contributed by atoms with van der Waals surface area (Å²) in [5.74, 6) is 2.66. The second-order valence-electron chi connectivity index (χ2n) is 5.63. The number of imidazole rings is 1. The minimum atomic E-state index is 0.646. The van der Waals surface area contributed by atoms with Gasteiger partial charge in [0.15, 0.2) is 0 Å². The lowest BCUT2D eigenvalue weighted by Gasteiger charge is -2.09. The number of fused-ring (bicyclic) bond motifs is 1. The van der Waals surface area contributed by atoms with Crippen molar-refractivity contribution in [2.24, 2.45) is 5.92 Å². The molecule has 3 rings (SSSR count). The van der Waals surface area contributed by atoms with Crippen LogP contribution in [0.2, 0.25) is 0 Å². The molecule has 1 heterocycles. The van der Waals surface area contributed by atoms with Crippen molar-refractivity contribution in [2.45, 2.75) is 45.6 Å². The molecule has 2 aromatic rings. The zero-order chi connectivity index (χ0) is 13.4. The molecular formula is C16H21ClN2. The lowest BCUT2D eigenvalue weighted by atomic mass is 10.2. The van der Waals surface area contributed by atoms with E-state index in [0.29, 0.717) is 11.9 Å². The van der Waals surface area contributed by atoms with Crippen LogP contribution in [0.3, 0.4) is 0 Å². The van der Waals surface area contributed by atoms with E-state index in [0.717, 1.165) is 17.9 Å². The Bertz CT molecular complexity index is 588. The van der Waals surface area contributed by atoms with Crippen LogP contribution in [-0.2, 0) is 6.42 Å². The standard InChI is InChI=1S/C16H21ClN2/c1-3-5-12-10-14(12)19-15(8-9-17)18-13-7-4-6-11(2)16(13)19/h4,6-7,12,14H,3,5,8-10H2,1-2H3. The third-order valence-electron chi connectivity index (χ3n) is 4.18. The van der Waals surface area contributed by atoms with E-state index >= 15 is 0 Å². The number of aryl methyl sites for hydroxylation is 2. The molecule has 0 aliphatic heterocycles. The van der Waals surface area contributed by atoms with E-state index in [4.69, 9.17) is 16.6 Å². The van der Waals surface area contributed by atoms with Gasteiger partial charge in [-0.3, -0.25) is 0 Å². The molecule has 0 spiro atoms. The maximum absolute atomic E-state index is 5.94. The zero-order valence-corrected chi connectivity index (χ0v) is 12.5. The fraction of sp³-hybridized carbons (Fsp3) is 0.562. The number of aromatic nitrogens is 2. The second kappa shape index (κ2) is 5.16. The number of hydrogen-bond acceptors (Lipinski definition) is 1. The maximum Gasteiger partial charge on any atom is 0.111 e. The fourth-order valence-electron chi connectivity index (χ4n) is 3.22. The summed E-state index contributed by atoms with van der Waals surface area (Å²) in [4.78, 5) is 4.80. The summed E-state index contributed by atoms with van der Waals surface area (Å²) in [6.45, 7) is 4.45. The van der Waals surface area contributed by atoms with Crippen LogP contribution in [0.4, 0.5) is 0 Å². The van der Waals surface area contributed by atoms with Crippen molar-refractivity contribution in [3.05, 3.63) is 29.6 Å². The molecule has 1 saturated carbocycles. The normalized spacial score (nSPS) is 22.1. The van der Waals surface area contributed by atoms with Crippen molar-refractivity contribution in [3.8, 4) is 0 Å². The van der Waals surface area contributed by atoms with Crippen molar-refractivity contribution in [1.82, 2.24) is 9.55 Å². The van der Waals surface area contributed by atoms with Gasteiger partial charge in [0, 0.05) is 18.3 Å². The average molecular weight is 277 g/mol.